The van der Waals surface area contributed by atoms with E-state index in [1.165, 1.54) is 11.1 Å². The Morgan fingerprint density at radius 3 is 2.82 bits per heavy atom. The predicted molar refractivity (Wildman–Crippen MR) is 90.9 cm³/mol. The van der Waals surface area contributed by atoms with Crippen molar-refractivity contribution in [3.8, 4) is 0 Å². The summed E-state index contributed by atoms with van der Waals surface area (Å²) in [6, 6.07) is 10.7. The summed E-state index contributed by atoms with van der Waals surface area (Å²) >= 11 is 3.38. The Balaban J connectivity index is 1.75. The number of halogens is 1. The summed E-state index contributed by atoms with van der Waals surface area (Å²) in [5.74, 6) is 0.0865. The molecule has 0 spiro atoms. The van der Waals surface area contributed by atoms with E-state index in [2.05, 4.69) is 52.1 Å². The van der Waals surface area contributed by atoms with Gasteiger partial charge in [-0.1, -0.05) is 29.8 Å². The average molecular weight is 359 g/mol. The summed E-state index contributed by atoms with van der Waals surface area (Å²) in [4.78, 5) is 18.8. The van der Waals surface area contributed by atoms with Gasteiger partial charge in [0.1, 0.15) is 0 Å². The van der Waals surface area contributed by atoms with E-state index in [4.69, 9.17) is 0 Å². The number of rotatable bonds is 3. The summed E-state index contributed by atoms with van der Waals surface area (Å²) < 4.78 is 0.840. The molecule has 1 fully saturated rings. The van der Waals surface area contributed by atoms with Crippen LogP contribution in [0.1, 0.15) is 34.3 Å². The Bertz CT molecular complexity index is 669. The van der Waals surface area contributed by atoms with Crippen molar-refractivity contribution in [2.75, 3.05) is 6.54 Å². The van der Waals surface area contributed by atoms with E-state index in [-0.39, 0.29) is 11.9 Å². The first-order chi connectivity index (χ1) is 10.6. The maximum Gasteiger partial charge on any atom is 0.255 e. The molecule has 1 aliphatic rings. The molecule has 0 saturated carbocycles. The van der Waals surface area contributed by atoms with Crippen LogP contribution >= 0.6 is 15.9 Å². The third kappa shape index (κ3) is 3.38. The second kappa shape index (κ2) is 6.61. The maximum absolute atomic E-state index is 12.7. The first kappa shape index (κ1) is 15.2. The summed E-state index contributed by atoms with van der Waals surface area (Å²) in [7, 11) is 0. The van der Waals surface area contributed by atoms with Gasteiger partial charge in [-0.05, 0) is 53.7 Å². The quantitative estimate of drug-likeness (QED) is 0.830. The molecule has 1 atom stereocenters. The number of benzene rings is 1. The molecule has 3 nitrogen and oxygen atoms in total. The monoisotopic (exact) mass is 358 g/mol. The van der Waals surface area contributed by atoms with E-state index >= 15 is 0 Å². The van der Waals surface area contributed by atoms with E-state index in [1.54, 1.807) is 12.4 Å². The van der Waals surface area contributed by atoms with Crippen molar-refractivity contribution in [2.45, 2.75) is 32.2 Å². The molecule has 0 bridgehead atoms. The van der Waals surface area contributed by atoms with Gasteiger partial charge in [0, 0.05) is 29.5 Å². The summed E-state index contributed by atoms with van der Waals surface area (Å²) in [5, 5.41) is 0. The summed E-state index contributed by atoms with van der Waals surface area (Å²) in [5.41, 5.74) is 3.22. The van der Waals surface area contributed by atoms with E-state index < -0.39 is 0 Å². The third-order valence-corrected chi connectivity index (χ3v) is 4.62. The molecule has 0 aliphatic carbocycles. The highest BCUT2D eigenvalue weighted by atomic mass is 79.9. The number of nitrogens with zero attached hydrogens (tertiary/aromatic N) is 2. The maximum atomic E-state index is 12.7. The lowest BCUT2D eigenvalue weighted by Crippen LogP contribution is -2.36. The minimum Gasteiger partial charge on any atom is -0.335 e. The van der Waals surface area contributed by atoms with Gasteiger partial charge in [0.2, 0.25) is 0 Å². The van der Waals surface area contributed by atoms with E-state index in [9.17, 15) is 4.79 Å². The molecular weight excluding hydrogens is 340 g/mol. The van der Waals surface area contributed by atoms with E-state index in [1.807, 2.05) is 11.0 Å². The molecule has 22 heavy (non-hydrogen) atoms. The summed E-state index contributed by atoms with van der Waals surface area (Å²) in [6.07, 6.45) is 6.41. The Hall–Kier alpha value is -1.68. The number of likely N-dealkylation sites (tertiary alicyclic amines) is 1. The standard InChI is InChI=1S/C18H19BrN2O/c1-13-4-6-14(7-5-13)9-17-3-2-8-21(17)18(22)15-10-16(19)12-20-11-15/h4-7,10-12,17H,2-3,8-9H2,1H3. The fourth-order valence-electron chi connectivity index (χ4n) is 3.01. The Kier molecular flexibility index (Phi) is 4.57. The molecule has 2 heterocycles. The molecule has 114 valence electrons. The van der Waals surface area contributed by atoms with Crippen LogP contribution in [0.3, 0.4) is 0 Å². The molecular formula is C18H19BrN2O. The number of aryl methyl sites for hydroxylation is 1. The van der Waals surface area contributed by atoms with E-state index in [0.717, 1.165) is 30.3 Å². The van der Waals surface area contributed by atoms with E-state index in [0.29, 0.717) is 5.56 Å². The van der Waals surface area contributed by atoms with Gasteiger partial charge in [-0.3, -0.25) is 9.78 Å². The lowest BCUT2D eigenvalue weighted by Gasteiger charge is -2.25. The zero-order valence-electron chi connectivity index (χ0n) is 12.6. The SMILES string of the molecule is Cc1ccc(CC2CCCN2C(=O)c2cncc(Br)c2)cc1. The van der Waals surface area contributed by atoms with Gasteiger partial charge >= 0.3 is 0 Å². The van der Waals surface area contributed by atoms with Crippen molar-refractivity contribution in [3.63, 3.8) is 0 Å². The second-order valence-electron chi connectivity index (χ2n) is 5.88. The molecule has 1 aromatic carbocycles. The van der Waals surface area contributed by atoms with Crippen LogP contribution in [0.25, 0.3) is 0 Å². The molecule has 1 unspecified atom stereocenters. The molecule has 0 N–H and O–H groups in total. The van der Waals surface area contributed by atoms with Crippen LogP contribution in [0.15, 0.2) is 47.2 Å². The smallest absolute Gasteiger partial charge is 0.255 e. The van der Waals surface area contributed by atoms with Gasteiger partial charge in [0.15, 0.2) is 0 Å². The lowest BCUT2D eigenvalue weighted by atomic mass is 10.0. The van der Waals surface area contributed by atoms with Gasteiger partial charge in [-0.2, -0.15) is 0 Å². The van der Waals surface area contributed by atoms with Gasteiger partial charge in [0.05, 0.1) is 5.56 Å². The van der Waals surface area contributed by atoms with Gasteiger partial charge in [-0.15, -0.1) is 0 Å². The molecule has 1 aromatic heterocycles. The minimum absolute atomic E-state index is 0.0865. The average Bonchev–Trinajstić information content (AvgIpc) is 2.97. The predicted octanol–water partition coefficient (Wildman–Crippen LogP) is 4.00. The number of amides is 1. The first-order valence-corrected chi connectivity index (χ1v) is 8.40. The fraction of sp³-hybridized carbons (Fsp3) is 0.333. The first-order valence-electron chi connectivity index (χ1n) is 7.60. The number of pyridine rings is 1. The number of hydrogen-bond donors (Lipinski definition) is 0. The van der Waals surface area contributed by atoms with Gasteiger partial charge in [-0.25, -0.2) is 0 Å². The van der Waals surface area contributed by atoms with Crippen LogP contribution in [0.5, 0.6) is 0 Å². The molecule has 4 heteroatoms. The van der Waals surface area contributed by atoms with Crippen molar-refractivity contribution in [2.24, 2.45) is 0 Å². The minimum atomic E-state index is 0.0865. The molecule has 1 amide bonds. The van der Waals surface area contributed by atoms with Crippen LogP contribution in [-0.4, -0.2) is 28.4 Å². The highest BCUT2D eigenvalue weighted by molar-refractivity contribution is 9.10. The topological polar surface area (TPSA) is 33.2 Å². The molecule has 1 saturated heterocycles. The van der Waals surface area contributed by atoms with Gasteiger partial charge < -0.3 is 4.90 Å². The number of aromatic nitrogens is 1. The Morgan fingerprint density at radius 1 is 1.32 bits per heavy atom. The third-order valence-electron chi connectivity index (χ3n) is 4.18. The fourth-order valence-corrected chi connectivity index (χ4v) is 3.37. The highest BCUT2D eigenvalue weighted by Gasteiger charge is 2.29. The molecule has 3 rings (SSSR count). The zero-order chi connectivity index (χ0) is 15.5. The van der Waals surface area contributed by atoms with Crippen molar-refractivity contribution >= 4 is 21.8 Å². The van der Waals surface area contributed by atoms with Crippen molar-refractivity contribution < 1.29 is 4.79 Å². The second-order valence-corrected chi connectivity index (χ2v) is 6.79. The van der Waals surface area contributed by atoms with Gasteiger partial charge in [0.25, 0.3) is 5.91 Å². The number of carbonyl (C=O) groups excluding carboxylic acids is 1. The normalized spacial score (nSPS) is 17.7. The zero-order valence-corrected chi connectivity index (χ0v) is 14.2. The Labute approximate surface area is 139 Å². The van der Waals surface area contributed by atoms with Crippen molar-refractivity contribution in [1.29, 1.82) is 0 Å². The van der Waals surface area contributed by atoms with Crippen LogP contribution < -0.4 is 0 Å². The van der Waals surface area contributed by atoms with Crippen LogP contribution in [0, 0.1) is 6.92 Å². The van der Waals surface area contributed by atoms with Crippen molar-refractivity contribution in [3.05, 3.63) is 63.9 Å². The van der Waals surface area contributed by atoms with Crippen LogP contribution in [0.2, 0.25) is 0 Å². The largest absolute Gasteiger partial charge is 0.335 e. The molecule has 2 aromatic rings. The summed E-state index contributed by atoms with van der Waals surface area (Å²) in [6.45, 7) is 2.93. The van der Waals surface area contributed by atoms with Crippen molar-refractivity contribution in [1.82, 2.24) is 9.88 Å². The highest BCUT2D eigenvalue weighted by Crippen LogP contribution is 2.24. The van der Waals surface area contributed by atoms with Crippen LogP contribution in [-0.2, 0) is 6.42 Å². The van der Waals surface area contributed by atoms with Crippen LogP contribution in [0.4, 0.5) is 0 Å². The lowest BCUT2D eigenvalue weighted by molar-refractivity contribution is 0.0736. The molecule has 0 radical (unpaired) electrons. The molecule has 1 aliphatic heterocycles. The Morgan fingerprint density at radius 2 is 2.09 bits per heavy atom. The number of carbonyl (C=O) groups is 1. The number of hydrogen-bond acceptors (Lipinski definition) is 2.